The van der Waals surface area contributed by atoms with Gasteiger partial charge in [0.2, 0.25) is 0 Å². The highest BCUT2D eigenvalue weighted by atomic mass is 32.2. The van der Waals surface area contributed by atoms with Gasteiger partial charge >= 0.3 is 5.97 Å². The van der Waals surface area contributed by atoms with Crippen LogP contribution in [0.25, 0.3) is 0 Å². The van der Waals surface area contributed by atoms with E-state index in [0.29, 0.717) is 0 Å². The van der Waals surface area contributed by atoms with E-state index in [0.717, 1.165) is 0 Å². The molecule has 126 valence electrons. The maximum atomic E-state index is 12.2. The molecule has 0 aliphatic heterocycles. The molecule has 0 radical (unpaired) electrons. The molecule has 3 N–H and O–H groups in total. The third kappa shape index (κ3) is 5.80. The van der Waals surface area contributed by atoms with Crippen molar-refractivity contribution < 1.29 is 32.5 Å². The fourth-order valence-corrected chi connectivity index (χ4v) is 2.41. The molecule has 0 aromatic heterocycles. The Labute approximate surface area is 133 Å². The summed E-state index contributed by atoms with van der Waals surface area (Å²) in [6.07, 6.45) is -0.320. The first-order valence-corrected chi connectivity index (χ1v) is 8.37. The van der Waals surface area contributed by atoms with Gasteiger partial charge in [0, 0.05) is 12.0 Å². The van der Waals surface area contributed by atoms with Crippen molar-refractivity contribution in [3.8, 4) is 0 Å². The monoisotopic (exact) mass is 343 g/mol. The zero-order chi connectivity index (χ0) is 17.6. The second-order valence-electron chi connectivity index (χ2n) is 4.76. The van der Waals surface area contributed by atoms with Crippen LogP contribution in [0.3, 0.4) is 0 Å². The first-order valence-electron chi connectivity index (χ1n) is 6.76. The molecule has 0 bridgehead atoms. The maximum Gasteiger partial charge on any atom is 0.326 e. The molecule has 1 atom stereocenters. The van der Waals surface area contributed by atoms with Crippen molar-refractivity contribution in [1.82, 2.24) is 5.32 Å². The molecule has 0 unspecified atom stereocenters. The summed E-state index contributed by atoms with van der Waals surface area (Å²) in [5.74, 6) is -3.33. The van der Waals surface area contributed by atoms with Crippen LogP contribution in [-0.2, 0) is 14.9 Å². The van der Waals surface area contributed by atoms with Gasteiger partial charge in [-0.05, 0) is 12.5 Å². The quantitative estimate of drug-likeness (QED) is 0.467. The molecule has 0 aliphatic carbocycles. The fraction of sp³-hybridized carbons (Fsp3) is 0.357. The molecule has 0 fully saturated rings. The van der Waals surface area contributed by atoms with Gasteiger partial charge in [-0.2, -0.15) is 8.42 Å². The van der Waals surface area contributed by atoms with Crippen molar-refractivity contribution in [2.45, 2.75) is 25.8 Å². The standard InChI is InChI=1S/C14H17NO7S/c1-2-12(16)9-5-3-4-6-10(9)13(17)15-11(14(18)19)7-8-23(20,21)22/h3-6,11H,2,7-8H2,1H3,(H,15,17)(H,18,19)(H,20,21,22)/t11-/m0/s1. The molecular formula is C14H17NO7S. The summed E-state index contributed by atoms with van der Waals surface area (Å²) in [7, 11) is -4.35. The molecule has 0 spiro atoms. The van der Waals surface area contributed by atoms with E-state index in [-0.39, 0.29) is 23.3 Å². The summed E-state index contributed by atoms with van der Waals surface area (Å²) in [5.41, 5.74) is 0.170. The predicted molar refractivity (Wildman–Crippen MR) is 81.0 cm³/mol. The van der Waals surface area contributed by atoms with Gasteiger partial charge in [-0.25, -0.2) is 4.79 Å². The molecular weight excluding hydrogens is 326 g/mol. The highest BCUT2D eigenvalue weighted by Gasteiger charge is 2.24. The number of rotatable bonds is 8. The number of nitrogens with one attached hydrogen (secondary N) is 1. The van der Waals surface area contributed by atoms with Gasteiger partial charge in [-0.15, -0.1) is 0 Å². The fourth-order valence-electron chi connectivity index (χ4n) is 1.87. The highest BCUT2D eigenvalue weighted by molar-refractivity contribution is 7.85. The summed E-state index contributed by atoms with van der Waals surface area (Å²) in [6, 6.07) is 4.42. The number of hydrogen-bond acceptors (Lipinski definition) is 5. The Morgan fingerprint density at radius 3 is 2.22 bits per heavy atom. The molecule has 1 amide bonds. The number of ketones is 1. The number of carboxylic acid groups (broad SMARTS) is 1. The summed E-state index contributed by atoms with van der Waals surface area (Å²) in [5, 5.41) is 11.2. The Morgan fingerprint density at radius 2 is 1.74 bits per heavy atom. The van der Waals surface area contributed by atoms with Gasteiger partial charge in [-0.1, -0.05) is 25.1 Å². The topological polar surface area (TPSA) is 138 Å². The molecule has 1 aromatic rings. The number of aliphatic carboxylic acids is 1. The Balaban J connectivity index is 2.96. The van der Waals surface area contributed by atoms with E-state index in [9.17, 15) is 22.8 Å². The van der Waals surface area contributed by atoms with E-state index in [1.165, 1.54) is 18.2 Å². The zero-order valence-corrected chi connectivity index (χ0v) is 13.2. The third-order valence-electron chi connectivity index (χ3n) is 3.06. The lowest BCUT2D eigenvalue weighted by atomic mass is 10.0. The van der Waals surface area contributed by atoms with Crippen LogP contribution in [0, 0.1) is 0 Å². The average molecular weight is 343 g/mol. The maximum absolute atomic E-state index is 12.2. The summed E-state index contributed by atoms with van der Waals surface area (Å²) < 4.78 is 30.1. The van der Waals surface area contributed by atoms with E-state index in [1.54, 1.807) is 13.0 Å². The first kappa shape index (κ1) is 18.8. The van der Waals surface area contributed by atoms with Gasteiger partial charge in [0.25, 0.3) is 16.0 Å². The summed E-state index contributed by atoms with van der Waals surface area (Å²) >= 11 is 0. The van der Waals surface area contributed by atoms with E-state index < -0.39 is 40.2 Å². The Kier molecular flexibility index (Phi) is 6.40. The van der Waals surface area contributed by atoms with Crippen LogP contribution in [0.1, 0.15) is 40.5 Å². The molecule has 0 heterocycles. The van der Waals surface area contributed by atoms with E-state index >= 15 is 0 Å². The number of carbonyl (C=O) groups excluding carboxylic acids is 2. The smallest absolute Gasteiger partial charge is 0.326 e. The zero-order valence-electron chi connectivity index (χ0n) is 12.4. The lowest BCUT2D eigenvalue weighted by Gasteiger charge is -2.15. The van der Waals surface area contributed by atoms with Crippen LogP contribution >= 0.6 is 0 Å². The minimum atomic E-state index is -4.35. The molecule has 1 aromatic carbocycles. The number of hydrogen-bond donors (Lipinski definition) is 3. The van der Waals surface area contributed by atoms with Crippen LogP contribution in [0.4, 0.5) is 0 Å². The number of Topliss-reactive ketones (excluding diaryl/α,β-unsaturated/α-hetero) is 1. The minimum absolute atomic E-state index is 0.0115. The largest absolute Gasteiger partial charge is 0.480 e. The molecule has 0 saturated carbocycles. The average Bonchev–Trinajstić information content (AvgIpc) is 2.49. The second kappa shape index (κ2) is 7.84. The minimum Gasteiger partial charge on any atom is -0.480 e. The van der Waals surface area contributed by atoms with Gasteiger partial charge in [0.05, 0.1) is 11.3 Å². The Bertz CT molecular complexity index is 712. The van der Waals surface area contributed by atoms with Crippen molar-refractivity contribution in [2.24, 2.45) is 0 Å². The lowest BCUT2D eigenvalue weighted by Crippen LogP contribution is -2.42. The van der Waals surface area contributed by atoms with E-state index in [1.807, 2.05) is 0 Å². The van der Waals surface area contributed by atoms with Crippen molar-refractivity contribution >= 4 is 27.8 Å². The van der Waals surface area contributed by atoms with E-state index in [2.05, 4.69) is 5.32 Å². The molecule has 1 rings (SSSR count). The molecule has 0 saturated heterocycles. The molecule has 0 aliphatic rings. The highest BCUT2D eigenvalue weighted by Crippen LogP contribution is 2.12. The number of carboxylic acids is 1. The van der Waals surface area contributed by atoms with Crippen LogP contribution in [0.5, 0.6) is 0 Å². The van der Waals surface area contributed by atoms with Crippen molar-refractivity contribution in [1.29, 1.82) is 0 Å². The van der Waals surface area contributed by atoms with Crippen LogP contribution in [0.15, 0.2) is 24.3 Å². The normalized spacial score (nSPS) is 12.4. The number of amides is 1. The van der Waals surface area contributed by atoms with Gasteiger partial charge in [0.15, 0.2) is 5.78 Å². The van der Waals surface area contributed by atoms with Gasteiger partial charge in [0.1, 0.15) is 6.04 Å². The summed E-state index contributed by atoms with van der Waals surface area (Å²) in [6.45, 7) is 1.63. The Hall–Kier alpha value is -2.26. The van der Waals surface area contributed by atoms with Crippen molar-refractivity contribution in [2.75, 3.05) is 5.75 Å². The van der Waals surface area contributed by atoms with Crippen molar-refractivity contribution in [3.05, 3.63) is 35.4 Å². The van der Waals surface area contributed by atoms with Crippen molar-refractivity contribution in [3.63, 3.8) is 0 Å². The Morgan fingerprint density at radius 1 is 1.17 bits per heavy atom. The SMILES string of the molecule is CCC(=O)c1ccccc1C(=O)N[C@@H](CCS(=O)(=O)O)C(=O)O. The van der Waals surface area contributed by atoms with Crippen LogP contribution in [0.2, 0.25) is 0 Å². The number of carbonyl (C=O) groups is 3. The van der Waals surface area contributed by atoms with Gasteiger partial charge < -0.3 is 10.4 Å². The molecule has 9 heteroatoms. The third-order valence-corrected chi connectivity index (χ3v) is 3.81. The number of benzene rings is 1. The van der Waals surface area contributed by atoms with Crippen LogP contribution < -0.4 is 5.32 Å². The summed E-state index contributed by atoms with van der Waals surface area (Å²) in [4.78, 5) is 35.1. The van der Waals surface area contributed by atoms with Crippen LogP contribution in [-0.4, -0.2) is 47.5 Å². The second-order valence-corrected chi connectivity index (χ2v) is 6.33. The lowest BCUT2D eigenvalue weighted by molar-refractivity contribution is -0.139. The first-order chi connectivity index (χ1) is 10.7. The van der Waals surface area contributed by atoms with E-state index in [4.69, 9.17) is 9.66 Å². The molecule has 23 heavy (non-hydrogen) atoms. The van der Waals surface area contributed by atoms with Gasteiger partial charge in [-0.3, -0.25) is 14.1 Å². The predicted octanol–water partition coefficient (Wildman–Crippen LogP) is 0.740. The molecule has 8 nitrogen and oxygen atoms in total.